The predicted octanol–water partition coefficient (Wildman–Crippen LogP) is 2.13. The minimum absolute atomic E-state index is 0.0724. The van der Waals surface area contributed by atoms with Gasteiger partial charge in [-0.15, -0.1) is 0 Å². The molecule has 1 aliphatic rings. The Morgan fingerprint density at radius 3 is 2.61 bits per heavy atom. The summed E-state index contributed by atoms with van der Waals surface area (Å²) in [6.07, 6.45) is -3.54. The van der Waals surface area contributed by atoms with Gasteiger partial charge in [0.25, 0.3) is 0 Å². The fourth-order valence-corrected chi connectivity index (χ4v) is 2.52. The van der Waals surface area contributed by atoms with Gasteiger partial charge < -0.3 is 10.6 Å². The molecule has 0 saturated carbocycles. The van der Waals surface area contributed by atoms with E-state index in [1.54, 1.807) is 19.2 Å². The number of hydrogen-bond donors (Lipinski definition) is 2. The minimum atomic E-state index is -4.17. The van der Waals surface area contributed by atoms with Crippen molar-refractivity contribution >= 4 is 5.96 Å². The molecule has 0 bridgehead atoms. The molecule has 2 N–H and O–H groups in total. The molecule has 0 amide bonds. The monoisotopic (exact) mass is 332 g/mol. The van der Waals surface area contributed by atoms with E-state index in [0.717, 1.165) is 5.56 Å². The first kappa shape index (κ1) is 17.5. The van der Waals surface area contributed by atoms with Crippen LogP contribution in [0.25, 0.3) is 0 Å². The highest BCUT2D eigenvalue weighted by molar-refractivity contribution is 5.80. The molecule has 1 aromatic carbocycles. The summed E-state index contributed by atoms with van der Waals surface area (Å²) >= 11 is 0. The number of nitrogens with zero attached hydrogens (tertiary/aromatic N) is 2. The van der Waals surface area contributed by atoms with Gasteiger partial charge in [-0.3, -0.25) is 9.89 Å². The Hall–Kier alpha value is -1.83. The molecule has 0 spiro atoms. The SMILES string of the molecule is CN=C(NCc1ccc(F)cc1)NC1CCN(CC(F)(F)F)C1. The fourth-order valence-electron chi connectivity index (χ4n) is 2.52. The van der Waals surface area contributed by atoms with Gasteiger partial charge in [0, 0.05) is 32.7 Å². The Morgan fingerprint density at radius 1 is 1.30 bits per heavy atom. The molecule has 0 aliphatic carbocycles. The molecule has 2 rings (SSSR count). The summed E-state index contributed by atoms with van der Waals surface area (Å²) in [5.74, 6) is 0.222. The van der Waals surface area contributed by atoms with Crippen LogP contribution in [0.5, 0.6) is 0 Å². The van der Waals surface area contributed by atoms with E-state index >= 15 is 0 Å². The zero-order valence-electron chi connectivity index (χ0n) is 12.8. The van der Waals surface area contributed by atoms with Crippen LogP contribution in [0, 0.1) is 5.82 Å². The molecular weight excluding hydrogens is 312 g/mol. The number of rotatable bonds is 4. The molecule has 1 atom stereocenters. The quantitative estimate of drug-likeness (QED) is 0.504. The lowest BCUT2D eigenvalue weighted by molar-refractivity contribution is -0.143. The van der Waals surface area contributed by atoms with Crippen molar-refractivity contribution in [3.05, 3.63) is 35.6 Å². The number of alkyl halides is 3. The maximum absolute atomic E-state index is 12.8. The van der Waals surface area contributed by atoms with Crippen LogP contribution in [0.1, 0.15) is 12.0 Å². The Balaban J connectivity index is 1.78. The number of aliphatic imine (C=N–C) groups is 1. The summed E-state index contributed by atoms with van der Waals surface area (Å²) in [7, 11) is 1.60. The van der Waals surface area contributed by atoms with E-state index in [-0.39, 0.29) is 11.9 Å². The Kier molecular flexibility index (Phi) is 5.81. The van der Waals surface area contributed by atoms with E-state index in [4.69, 9.17) is 0 Å². The maximum atomic E-state index is 12.8. The molecular formula is C15H20F4N4. The first-order valence-corrected chi connectivity index (χ1v) is 7.36. The summed E-state index contributed by atoms with van der Waals surface area (Å²) in [6.45, 7) is 0.314. The van der Waals surface area contributed by atoms with Crippen LogP contribution in [0.4, 0.5) is 17.6 Å². The third kappa shape index (κ3) is 6.05. The third-order valence-corrected chi connectivity index (χ3v) is 3.61. The average molecular weight is 332 g/mol. The molecule has 23 heavy (non-hydrogen) atoms. The van der Waals surface area contributed by atoms with Gasteiger partial charge in [0.2, 0.25) is 0 Å². The number of nitrogens with one attached hydrogen (secondary N) is 2. The predicted molar refractivity (Wildman–Crippen MR) is 80.6 cm³/mol. The molecule has 1 unspecified atom stereocenters. The van der Waals surface area contributed by atoms with Crippen LogP contribution in [-0.2, 0) is 6.54 Å². The van der Waals surface area contributed by atoms with Crippen molar-refractivity contribution < 1.29 is 17.6 Å². The van der Waals surface area contributed by atoms with Crippen LogP contribution in [0.2, 0.25) is 0 Å². The first-order valence-electron chi connectivity index (χ1n) is 7.36. The van der Waals surface area contributed by atoms with E-state index in [1.807, 2.05) is 0 Å². The van der Waals surface area contributed by atoms with Gasteiger partial charge in [0.05, 0.1) is 6.54 Å². The molecule has 1 saturated heterocycles. The van der Waals surface area contributed by atoms with Crippen molar-refractivity contribution in [1.29, 1.82) is 0 Å². The summed E-state index contributed by atoms with van der Waals surface area (Å²) in [5, 5.41) is 6.19. The molecule has 4 nitrogen and oxygen atoms in total. The molecule has 1 heterocycles. The van der Waals surface area contributed by atoms with E-state index in [0.29, 0.717) is 32.0 Å². The molecule has 0 aromatic heterocycles. The van der Waals surface area contributed by atoms with Crippen LogP contribution in [0.3, 0.4) is 0 Å². The molecule has 8 heteroatoms. The van der Waals surface area contributed by atoms with Gasteiger partial charge in [-0.1, -0.05) is 12.1 Å². The molecule has 1 aromatic rings. The van der Waals surface area contributed by atoms with E-state index in [2.05, 4.69) is 15.6 Å². The largest absolute Gasteiger partial charge is 0.401 e. The maximum Gasteiger partial charge on any atom is 0.401 e. The molecule has 1 fully saturated rings. The Morgan fingerprint density at radius 2 is 2.00 bits per heavy atom. The second-order valence-electron chi connectivity index (χ2n) is 5.53. The van der Waals surface area contributed by atoms with Crippen molar-refractivity contribution in [2.45, 2.75) is 25.2 Å². The molecule has 0 radical (unpaired) electrons. The van der Waals surface area contributed by atoms with Crippen molar-refractivity contribution in [3.8, 4) is 0 Å². The zero-order valence-corrected chi connectivity index (χ0v) is 12.8. The number of halogens is 4. The van der Waals surface area contributed by atoms with Gasteiger partial charge in [0.15, 0.2) is 5.96 Å². The van der Waals surface area contributed by atoms with Crippen molar-refractivity contribution in [1.82, 2.24) is 15.5 Å². The minimum Gasteiger partial charge on any atom is -0.352 e. The van der Waals surface area contributed by atoms with Crippen molar-refractivity contribution in [3.63, 3.8) is 0 Å². The summed E-state index contributed by atoms with van der Waals surface area (Å²) < 4.78 is 50.0. The number of likely N-dealkylation sites (tertiary alicyclic amines) is 1. The zero-order chi connectivity index (χ0) is 16.9. The second-order valence-corrected chi connectivity index (χ2v) is 5.53. The lowest BCUT2D eigenvalue weighted by Crippen LogP contribution is -2.44. The average Bonchev–Trinajstić information content (AvgIpc) is 2.90. The van der Waals surface area contributed by atoms with Crippen LogP contribution < -0.4 is 10.6 Å². The summed E-state index contributed by atoms with van der Waals surface area (Å²) in [5.41, 5.74) is 0.888. The Labute approximate surface area is 132 Å². The van der Waals surface area contributed by atoms with Gasteiger partial charge in [0.1, 0.15) is 5.82 Å². The highest BCUT2D eigenvalue weighted by Gasteiger charge is 2.34. The van der Waals surface area contributed by atoms with Gasteiger partial charge in [-0.25, -0.2) is 4.39 Å². The lowest BCUT2D eigenvalue weighted by Gasteiger charge is -2.19. The van der Waals surface area contributed by atoms with Crippen LogP contribution in [-0.4, -0.2) is 49.8 Å². The summed E-state index contributed by atoms with van der Waals surface area (Å²) in [4.78, 5) is 5.44. The number of hydrogen-bond acceptors (Lipinski definition) is 2. The van der Waals surface area contributed by atoms with Crippen molar-refractivity contribution in [2.24, 2.45) is 4.99 Å². The number of guanidine groups is 1. The number of benzene rings is 1. The highest BCUT2D eigenvalue weighted by atomic mass is 19.4. The lowest BCUT2D eigenvalue weighted by atomic mass is 10.2. The van der Waals surface area contributed by atoms with Crippen LogP contribution >= 0.6 is 0 Å². The smallest absolute Gasteiger partial charge is 0.352 e. The van der Waals surface area contributed by atoms with Gasteiger partial charge >= 0.3 is 6.18 Å². The van der Waals surface area contributed by atoms with E-state index in [9.17, 15) is 17.6 Å². The molecule has 1 aliphatic heterocycles. The van der Waals surface area contributed by atoms with Gasteiger partial charge in [-0.05, 0) is 24.1 Å². The normalized spacial score (nSPS) is 19.9. The summed E-state index contributed by atoms with van der Waals surface area (Å²) in [6, 6.07) is 6.00. The standard InChI is InChI=1S/C15H20F4N4/c1-20-14(21-8-11-2-4-12(16)5-3-11)22-13-6-7-23(9-13)10-15(17,18)19/h2-5,13H,6-10H2,1H3,(H2,20,21,22). The third-order valence-electron chi connectivity index (χ3n) is 3.61. The van der Waals surface area contributed by atoms with Crippen LogP contribution in [0.15, 0.2) is 29.3 Å². The topological polar surface area (TPSA) is 39.7 Å². The Bertz CT molecular complexity index is 527. The highest BCUT2D eigenvalue weighted by Crippen LogP contribution is 2.19. The van der Waals surface area contributed by atoms with Crippen molar-refractivity contribution in [2.75, 3.05) is 26.7 Å². The van der Waals surface area contributed by atoms with E-state index in [1.165, 1.54) is 17.0 Å². The first-order chi connectivity index (χ1) is 10.9. The van der Waals surface area contributed by atoms with Gasteiger partial charge in [-0.2, -0.15) is 13.2 Å². The second kappa shape index (κ2) is 7.63. The molecule has 128 valence electrons. The van der Waals surface area contributed by atoms with E-state index < -0.39 is 12.7 Å². The fraction of sp³-hybridized carbons (Fsp3) is 0.533.